The molecule has 0 saturated carbocycles. The Morgan fingerprint density at radius 2 is 1.83 bits per heavy atom. The van der Waals surface area contributed by atoms with Crippen molar-refractivity contribution in [2.75, 3.05) is 5.84 Å². The van der Waals surface area contributed by atoms with Gasteiger partial charge in [-0.3, -0.25) is 0 Å². The van der Waals surface area contributed by atoms with E-state index < -0.39 is 0 Å². The summed E-state index contributed by atoms with van der Waals surface area (Å²) in [5.74, 6) is 6.70. The second-order valence-corrected chi connectivity index (χ2v) is 6.56. The Morgan fingerprint density at radius 3 is 2.33 bits per heavy atom. The van der Waals surface area contributed by atoms with Crippen LogP contribution in [0.15, 0.2) is 27.2 Å². The molecule has 0 unspecified atom stereocenters. The molecule has 2 heterocycles. The highest BCUT2D eigenvalue weighted by molar-refractivity contribution is 9.10. The Morgan fingerprint density at radius 1 is 1.22 bits per heavy atom. The Bertz CT molecular complexity index is 544. The molecule has 0 aliphatic heterocycles. The van der Waals surface area contributed by atoms with E-state index in [4.69, 9.17) is 5.84 Å². The van der Waals surface area contributed by atoms with Gasteiger partial charge in [0.15, 0.2) is 11.0 Å². The fourth-order valence-electron chi connectivity index (χ4n) is 1.29. The first-order valence-electron chi connectivity index (χ1n) is 5.24. The fourth-order valence-corrected chi connectivity index (χ4v) is 2.14. The Kier molecular flexibility index (Phi) is 3.58. The lowest BCUT2D eigenvalue weighted by atomic mass is 9.96. The summed E-state index contributed by atoms with van der Waals surface area (Å²) >= 11 is 4.56. The maximum Gasteiger partial charge on any atom is 0.217 e. The molecule has 0 saturated heterocycles. The summed E-state index contributed by atoms with van der Waals surface area (Å²) in [6.07, 6.45) is 3.36. The highest BCUT2D eigenvalue weighted by Gasteiger charge is 2.23. The van der Waals surface area contributed by atoms with Crippen molar-refractivity contribution < 1.29 is 0 Å². The van der Waals surface area contributed by atoms with E-state index in [2.05, 4.69) is 36.1 Å². The second kappa shape index (κ2) is 4.85. The number of nitrogen functional groups attached to an aromatic ring is 1. The van der Waals surface area contributed by atoms with Crippen molar-refractivity contribution in [2.24, 2.45) is 0 Å². The fraction of sp³-hybridized carbons (Fsp3) is 0.400. The summed E-state index contributed by atoms with van der Waals surface area (Å²) < 4.78 is 2.31. The van der Waals surface area contributed by atoms with Crippen molar-refractivity contribution in [3.8, 4) is 0 Å². The van der Waals surface area contributed by atoms with Crippen LogP contribution < -0.4 is 5.84 Å². The van der Waals surface area contributed by atoms with Crippen LogP contribution >= 0.6 is 27.7 Å². The van der Waals surface area contributed by atoms with E-state index in [0.717, 1.165) is 10.3 Å². The van der Waals surface area contributed by atoms with Gasteiger partial charge in [-0.2, -0.15) is 0 Å². The first-order chi connectivity index (χ1) is 8.38. The average Bonchev–Trinajstić information content (AvgIpc) is 2.63. The first-order valence-corrected chi connectivity index (χ1v) is 6.85. The van der Waals surface area contributed by atoms with Crippen molar-refractivity contribution in [2.45, 2.75) is 36.5 Å². The van der Waals surface area contributed by atoms with Crippen LogP contribution in [0, 0.1) is 0 Å². The molecule has 2 rings (SSSR count). The highest BCUT2D eigenvalue weighted by Crippen LogP contribution is 2.26. The first kappa shape index (κ1) is 13.3. The van der Waals surface area contributed by atoms with Gasteiger partial charge in [-0.05, 0) is 27.7 Å². The van der Waals surface area contributed by atoms with Crippen LogP contribution in [0.4, 0.5) is 0 Å². The summed E-state index contributed by atoms with van der Waals surface area (Å²) in [6, 6.07) is 0. The summed E-state index contributed by atoms with van der Waals surface area (Å²) in [4.78, 5) is 8.31. The Hall–Kier alpha value is -1.15. The number of rotatable bonds is 2. The molecule has 96 valence electrons. The molecule has 0 bridgehead atoms. The lowest BCUT2D eigenvalue weighted by Crippen LogP contribution is -2.24. The number of nitrogens with two attached hydrogens (primary N) is 1. The minimum absolute atomic E-state index is 0.152. The molecule has 2 N–H and O–H groups in total. The van der Waals surface area contributed by atoms with Gasteiger partial charge in [0.1, 0.15) is 0 Å². The zero-order valence-corrected chi connectivity index (χ0v) is 12.7. The van der Waals surface area contributed by atoms with Gasteiger partial charge in [-0.1, -0.05) is 20.8 Å². The van der Waals surface area contributed by atoms with Crippen molar-refractivity contribution in [3.05, 3.63) is 22.7 Å². The van der Waals surface area contributed by atoms with Gasteiger partial charge in [0.25, 0.3) is 0 Å². The predicted molar refractivity (Wildman–Crippen MR) is 72.7 cm³/mol. The van der Waals surface area contributed by atoms with Crippen molar-refractivity contribution in [3.63, 3.8) is 0 Å². The third-order valence-corrected chi connectivity index (χ3v) is 3.38. The van der Waals surface area contributed by atoms with E-state index in [1.54, 1.807) is 12.4 Å². The highest BCUT2D eigenvalue weighted by atomic mass is 79.9. The minimum atomic E-state index is -0.152. The van der Waals surface area contributed by atoms with Gasteiger partial charge in [0.2, 0.25) is 5.16 Å². The normalized spacial score (nSPS) is 11.8. The van der Waals surface area contributed by atoms with E-state index >= 15 is 0 Å². The quantitative estimate of drug-likeness (QED) is 0.670. The molecule has 0 amide bonds. The van der Waals surface area contributed by atoms with Crippen molar-refractivity contribution >= 4 is 27.7 Å². The summed E-state index contributed by atoms with van der Waals surface area (Å²) in [5, 5.41) is 9.31. The SMILES string of the molecule is CC(C)(C)c1nnc(Sc2ncc(Br)cn2)n1N. The van der Waals surface area contributed by atoms with Gasteiger partial charge < -0.3 is 5.84 Å². The summed E-state index contributed by atoms with van der Waals surface area (Å²) in [5.41, 5.74) is -0.152. The molecule has 0 atom stereocenters. The maximum absolute atomic E-state index is 5.97. The standard InChI is InChI=1S/C10H13BrN6S/c1-10(2,3)7-15-16-9(17(7)12)18-8-13-4-6(11)5-14-8/h4-5H,12H2,1-3H3. The van der Waals surface area contributed by atoms with E-state index in [1.165, 1.54) is 16.4 Å². The van der Waals surface area contributed by atoms with Gasteiger partial charge in [0.05, 0.1) is 4.47 Å². The molecule has 6 nitrogen and oxygen atoms in total. The van der Waals surface area contributed by atoms with Crippen LogP contribution in [-0.4, -0.2) is 24.8 Å². The average molecular weight is 329 g/mol. The maximum atomic E-state index is 5.97. The van der Waals surface area contributed by atoms with Crippen molar-refractivity contribution in [1.29, 1.82) is 0 Å². The second-order valence-electron chi connectivity index (χ2n) is 4.71. The van der Waals surface area contributed by atoms with Gasteiger partial charge >= 0.3 is 0 Å². The Balaban J connectivity index is 2.25. The number of hydrogen-bond donors (Lipinski definition) is 1. The minimum Gasteiger partial charge on any atom is -0.336 e. The number of halogens is 1. The lowest BCUT2D eigenvalue weighted by molar-refractivity contribution is 0.523. The van der Waals surface area contributed by atoms with Gasteiger partial charge in [0, 0.05) is 17.8 Å². The van der Waals surface area contributed by atoms with E-state index in [1.807, 2.05) is 20.8 Å². The molecule has 0 aliphatic carbocycles. The summed E-state index contributed by atoms with van der Waals surface area (Å²) in [6.45, 7) is 6.10. The molecular weight excluding hydrogens is 316 g/mol. The topological polar surface area (TPSA) is 82.5 Å². The van der Waals surface area contributed by atoms with E-state index in [9.17, 15) is 0 Å². The monoisotopic (exact) mass is 328 g/mol. The molecule has 2 aromatic rings. The lowest BCUT2D eigenvalue weighted by Gasteiger charge is -2.16. The molecule has 2 aromatic heterocycles. The predicted octanol–water partition coefficient (Wildman–Crippen LogP) is 1.99. The van der Waals surface area contributed by atoms with Crippen molar-refractivity contribution in [1.82, 2.24) is 24.8 Å². The molecule has 0 fully saturated rings. The Labute approximate surface area is 118 Å². The van der Waals surface area contributed by atoms with Crippen LogP contribution in [0.25, 0.3) is 0 Å². The molecule has 0 spiro atoms. The number of aromatic nitrogens is 5. The molecule has 8 heteroatoms. The van der Waals surface area contributed by atoms with Crippen LogP contribution in [-0.2, 0) is 5.41 Å². The molecule has 0 aliphatic rings. The van der Waals surface area contributed by atoms with E-state index in [0.29, 0.717) is 10.3 Å². The van der Waals surface area contributed by atoms with E-state index in [-0.39, 0.29) is 5.41 Å². The molecule has 18 heavy (non-hydrogen) atoms. The van der Waals surface area contributed by atoms with Crippen LogP contribution in [0.1, 0.15) is 26.6 Å². The number of nitrogens with zero attached hydrogens (tertiary/aromatic N) is 5. The largest absolute Gasteiger partial charge is 0.336 e. The third-order valence-electron chi connectivity index (χ3n) is 2.11. The van der Waals surface area contributed by atoms with Gasteiger partial charge in [-0.25, -0.2) is 14.6 Å². The van der Waals surface area contributed by atoms with Crippen LogP contribution in [0.3, 0.4) is 0 Å². The van der Waals surface area contributed by atoms with Gasteiger partial charge in [-0.15, -0.1) is 10.2 Å². The molecule has 0 aromatic carbocycles. The van der Waals surface area contributed by atoms with Crippen LogP contribution in [0.2, 0.25) is 0 Å². The smallest absolute Gasteiger partial charge is 0.217 e. The summed E-state index contributed by atoms with van der Waals surface area (Å²) in [7, 11) is 0. The zero-order chi connectivity index (χ0) is 13.3. The molecule has 0 radical (unpaired) electrons. The molecular formula is C10H13BrN6S. The number of hydrogen-bond acceptors (Lipinski definition) is 6. The zero-order valence-electron chi connectivity index (χ0n) is 10.3. The third kappa shape index (κ3) is 2.81. The van der Waals surface area contributed by atoms with Crippen LogP contribution in [0.5, 0.6) is 0 Å².